The Kier molecular flexibility index (Phi) is 4.99. The van der Waals surface area contributed by atoms with Crippen LogP contribution in [0.15, 0.2) is 17.2 Å². The Balaban J connectivity index is 2.85. The van der Waals surface area contributed by atoms with Crippen LogP contribution < -0.4 is 10.5 Å². The minimum Gasteiger partial charge on any atom is -0.351 e. The summed E-state index contributed by atoms with van der Waals surface area (Å²) in [5, 5.41) is 7.88. The van der Waals surface area contributed by atoms with Crippen molar-refractivity contribution in [2.24, 2.45) is 10.6 Å². The van der Waals surface area contributed by atoms with Crippen LogP contribution in [0.5, 0.6) is 0 Å². The molecule has 1 amide bonds. The number of rotatable bonds is 5. The van der Waals surface area contributed by atoms with Crippen LogP contribution in [-0.4, -0.2) is 25.4 Å². The minimum atomic E-state index is -3.79. The zero-order valence-corrected chi connectivity index (χ0v) is 13.3. The number of sulfonamides is 1. The van der Waals surface area contributed by atoms with Gasteiger partial charge in [0.15, 0.2) is 0 Å². The fourth-order valence-electron chi connectivity index (χ4n) is 1.73. The molecule has 0 fully saturated rings. The maximum absolute atomic E-state index is 12.1. The second-order valence-corrected chi connectivity index (χ2v) is 7.52. The fraction of sp³-hybridized carbons (Fsp3) is 0.615. The number of carbonyl (C=O) groups is 1. The van der Waals surface area contributed by atoms with Gasteiger partial charge in [-0.3, -0.25) is 4.79 Å². The van der Waals surface area contributed by atoms with E-state index in [1.54, 1.807) is 4.57 Å². The lowest BCUT2D eigenvalue weighted by atomic mass is 9.92. The number of carbonyl (C=O) groups excluding carboxylic acids is 1. The Bertz CT molecular complexity index is 582. The van der Waals surface area contributed by atoms with Crippen molar-refractivity contribution in [2.75, 3.05) is 6.54 Å². The van der Waals surface area contributed by atoms with E-state index in [4.69, 9.17) is 5.14 Å². The highest BCUT2D eigenvalue weighted by molar-refractivity contribution is 7.89. The molecule has 0 atom stereocenters. The Labute approximate surface area is 120 Å². The van der Waals surface area contributed by atoms with Crippen LogP contribution in [0.1, 0.15) is 44.6 Å². The number of aromatic nitrogens is 1. The summed E-state index contributed by atoms with van der Waals surface area (Å²) in [6.07, 6.45) is 2.22. The second-order valence-electron chi connectivity index (χ2n) is 5.96. The molecule has 0 saturated heterocycles. The van der Waals surface area contributed by atoms with Crippen molar-refractivity contribution >= 4 is 15.9 Å². The number of hydrogen-bond acceptors (Lipinski definition) is 3. The minimum absolute atomic E-state index is 0.0414. The Morgan fingerprint density at radius 2 is 2.00 bits per heavy atom. The van der Waals surface area contributed by atoms with Gasteiger partial charge >= 0.3 is 0 Å². The van der Waals surface area contributed by atoms with E-state index in [2.05, 4.69) is 26.1 Å². The second kappa shape index (κ2) is 5.97. The molecule has 0 aliphatic rings. The SMILES string of the molecule is CCn1cc(S(N)(=O)=O)cc1C(=O)NCCC(C)(C)C. The third-order valence-electron chi connectivity index (χ3n) is 2.93. The van der Waals surface area contributed by atoms with Gasteiger partial charge in [0.25, 0.3) is 5.91 Å². The topological polar surface area (TPSA) is 94.2 Å². The number of hydrogen-bond donors (Lipinski definition) is 2. The fourth-order valence-corrected chi connectivity index (χ4v) is 2.28. The average molecular weight is 301 g/mol. The molecule has 3 N–H and O–H groups in total. The van der Waals surface area contributed by atoms with Crippen molar-refractivity contribution in [1.29, 1.82) is 0 Å². The van der Waals surface area contributed by atoms with Crippen LogP contribution in [0, 0.1) is 5.41 Å². The number of nitrogens with zero attached hydrogens (tertiary/aromatic N) is 1. The summed E-state index contributed by atoms with van der Waals surface area (Å²) < 4.78 is 24.2. The lowest BCUT2D eigenvalue weighted by Gasteiger charge is -2.18. The lowest BCUT2D eigenvalue weighted by Crippen LogP contribution is -2.28. The van der Waals surface area contributed by atoms with E-state index in [-0.39, 0.29) is 16.2 Å². The molecule has 1 aromatic heterocycles. The van der Waals surface area contributed by atoms with Gasteiger partial charge in [-0.2, -0.15) is 0 Å². The molecule has 6 nitrogen and oxygen atoms in total. The van der Waals surface area contributed by atoms with Crippen LogP contribution in [0.25, 0.3) is 0 Å². The molecule has 0 saturated carbocycles. The molecule has 1 rings (SSSR count). The standard InChI is InChI=1S/C13H23N3O3S/c1-5-16-9-10(20(14,18)19)8-11(16)12(17)15-7-6-13(2,3)4/h8-9H,5-7H2,1-4H3,(H,15,17)(H2,14,18,19). The molecule has 7 heteroatoms. The molecule has 0 aliphatic carbocycles. The number of amides is 1. The predicted molar refractivity (Wildman–Crippen MR) is 77.9 cm³/mol. The van der Waals surface area contributed by atoms with Gasteiger partial charge in [0.05, 0.1) is 0 Å². The highest BCUT2D eigenvalue weighted by atomic mass is 32.2. The first kappa shape index (κ1) is 16.7. The summed E-state index contributed by atoms with van der Waals surface area (Å²) in [5.41, 5.74) is 0.441. The van der Waals surface area contributed by atoms with Crippen molar-refractivity contribution in [3.63, 3.8) is 0 Å². The highest BCUT2D eigenvalue weighted by Gasteiger charge is 2.18. The van der Waals surface area contributed by atoms with Crippen LogP contribution in [0.2, 0.25) is 0 Å². The van der Waals surface area contributed by atoms with Crippen molar-refractivity contribution in [3.8, 4) is 0 Å². The smallest absolute Gasteiger partial charge is 0.267 e. The van der Waals surface area contributed by atoms with E-state index in [1.807, 2.05) is 6.92 Å². The number of nitrogens with one attached hydrogen (secondary N) is 1. The summed E-state index contributed by atoms with van der Waals surface area (Å²) in [6, 6.07) is 1.31. The normalized spacial score (nSPS) is 12.4. The average Bonchev–Trinajstić information content (AvgIpc) is 2.70. The van der Waals surface area contributed by atoms with Gasteiger partial charge in [0.2, 0.25) is 10.0 Å². The van der Waals surface area contributed by atoms with Gasteiger partial charge in [-0.15, -0.1) is 0 Å². The van der Waals surface area contributed by atoms with Crippen LogP contribution in [0.4, 0.5) is 0 Å². The molecule has 0 aromatic carbocycles. The first-order valence-electron chi connectivity index (χ1n) is 6.56. The van der Waals surface area contributed by atoms with Crippen LogP contribution >= 0.6 is 0 Å². The molecule has 0 radical (unpaired) electrons. The summed E-state index contributed by atoms with van der Waals surface area (Å²) >= 11 is 0. The maximum Gasteiger partial charge on any atom is 0.267 e. The largest absolute Gasteiger partial charge is 0.351 e. The van der Waals surface area contributed by atoms with Crippen molar-refractivity contribution < 1.29 is 13.2 Å². The van der Waals surface area contributed by atoms with E-state index >= 15 is 0 Å². The van der Waals surface area contributed by atoms with Crippen molar-refractivity contribution in [3.05, 3.63) is 18.0 Å². The molecule has 114 valence electrons. The molecule has 0 aliphatic heterocycles. The van der Waals surface area contributed by atoms with Gasteiger partial charge in [-0.05, 0) is 24.8 Å². The van der Waals surface area contributed by atoms with Gasteiger partial charge in [0.1, 0.15) is 10.6 Å². The Morgan fingerprint density at radius 3 is 2.45 bits per heavy atom. The summed E-state index contributed by atoms with van der Waals surface area (Å²) in [4.78, 5) is 12.0. The molecule has 20 heavy (non-hydrogen) atoms. The van der Waals surface area contributed by atoms with Gasteiger partial charge in [-0.25, -0.2) is 13.6 Å². The predicted octanol–water partition coefficient (Wildman–Crippen LogP) is 1.32. The van der Waals surface area contributed by atoms with E-state index in [1.165, 1.54) is 12.3 Å². The van der Waals surface area contributed by atoms with Crippen LogP contribution in [0.3, 0.4) is 0 Å². The molecule has 1 aromatic rings. The first-order valence-corrected chi connectivity index (χ1v) is 8.10. The Hall–Kier alpha value is -1.34. The molecule has 0 bridgehead atoms. The number of aryl methyl sites for hydroxylation is 1. The number of primary sulfonamides is 1. The summed E-state index contributed by atoms with van der Waals surface area (Å²) in [7, 11) is -3.79. The summed E-state index contributed by atoms with van der Waals surface area (Å²) in [6.45, 7) is 9.14. The third kappa shape index (κ3) is 4.64. The van der Waals surface area contributed by atoms with E-state index in [0.29, 0.717) is 18.8 Å². The summed E-state index contributed by atoms with van der Waals surface area (Å²) in [5.74, 6) is -0.286. The molecule has 0 unspecified atom stereocenters. The molecular weight excluding hydrogens is 278 g/mol. The zero-order chi connectivity index (χ0) is 15.6. The van der Waals surface area contributed by atoms with E-state index < -0.39 is 10.0 Å². The first-order chi connectivity index (χ1) is 9.04. The van der Waals surface area contributed by atoms with Gasteiger partial charge in [0, 0.05) is 19.3 Å². The highest BCUT2D eigenvalue weighted by Crippen LogP contribution is 2.17. The van der Waals surface area contributed by atoms with Crippen molar-refractivity contribution in [2.45, 2.75) is 45.6 Å². The maximum atomic E-state index is 12.1. The van der Waals surface area contributed by atoms with E-state index in [0.717, 1.165) is 6.42 Å². The third-order valence-corrected chi connectivity index (χ3v) is 3.81. The lowest BCUT2D eigenvalue weighted by molar-refractivity contribution is 0.0940. The van der Waals surface area contributed by atoms with Gasteiger partial charge in [-0.1, -0.05) is 20.8 Å². The Morgan fingerprint density at radius 1 is 1.40 bits per heavy atom. The van der Waals surface area contributed by atoms with Crippen LogP contribution in [-0.2, 0) is 16.6 Å². The number of nitrogens with two attached hydrogens (primary N) is 1. The van der Waals surface area contributed by atoms with Gasteiger partial charge < -0.3 is 9.88 Å². The molecule has 0 spiro atoms. The van der Waals surface area contributed by atoms with E-state index in [9.17, 15) is 13.2 Å². The van der Waals surface area contributed by atoms with Crippen molar-refractivity contribution in [1.82, 2.24) is 9.88 Å². The zero-order valence-electron chi connectivity index (χ0n) is 12.4. The monoisotopic (exact) mass is 301 g/mol. The molecule has 1 heterocycles. The molecular formula is C13H23N3O3S. The quantitative estimate of drug-likeness (QED) is 0.858.